The lowest BCUT2D eigenvalue weighted by Crippen LogP contribution is -2.54. The topological polar surface area (TPSA) is 69.7 Å². The van der Waals surface area contributed by atoms with E-state index in [4.69, 9.17) is 11.6 Å². The van der Waals surface area contributed by atoms with Crippen LogP contribution in [0.4, 0.5) is 15.8 Å². The predicted molar refractivity (Wildman–Crippen MR) is 107 cm³/mol. The van der Waals surface area contributed by atoms with Gasteiger partial charge in [0.15, 0.2) is 0 Å². The quantitative estimate of drug-likeness (QED) is 0.713. The van der Waals surface area contributed by atoms with Crippen molar-refractivity contribution in [3.8, 4) is 0 Å². The third-order valence-corrected chi connectivity index (χ3v) is 7.29. The Balaban J connectivity index is 1.56. The summed E-state index contributed by atoms with van der Waals surface area (Å²) in [6, 6.07) is 10.4. The first-order valence-corrected chi connectivity index (χ1v) is 10.3. The van der Waals surface area contributed by atoms with Gasteiger partial charge in [0.05, 0.1) is 17.5 Å². The number of benzene rings is 2. The summed E-state index contributed by atoms with van der Waals surface area (Å²) in [4.78, 5) is 43.7. The molecule has 8 heteroatoms. The van der Waals surface area contributed by atoms with Crippen LogP contribution in [0.25, 0.3) is 0 Å². The lowest BCUT2D eigenvalue weighted by atomic mass is 9.75. The van der Waals surface area contributed by atoms with E-state index >= 15 is 0 Å². The summed E-state index contributed by atoms with van der Waals surface area (Å²) in [6.45, 7) is 0.586. The molecule has 2 aromatic carbocycles. The average molecular weight is 426 g/mol. The SMILES string of the molecule is O=C1[C@@H]2[C@@H](C(=O)N1c1ccc(Cl)cc1)[C@]1(C(=O)Nc3ccc(F)cc31)N1CCC[C@@H]21. The van der Waals surface area contributed by atoms with Crippen molar-refractivity contribution in [3.63, 3.8) is 0 Å². The minimum absolute atomic E-state index is 0.233. The highest BCUT2D eigenvalue weighted by atomic mass is 35.5. The summed E-state index contributed by atoms with van der Waals surface area (Å²) in [7, 11) is 0. The predicted octanol–water partition coefficient (Wildman–Crippen LogP) is 2.91. The molecule has 30 heavy (non-hydrogen) atoms. The molecule has 0 unspecified atom stereocenters. The second-order valence-corrected chi connectivity index (χ2v) is 8.74. The molecule has 0 saturated carbocycles. The van der Waals surface area contributed by atoms with Gasteiger partial charge in [-0.3, -0.25) is 19.3 Å². The zero-order valence-electron chi connectivity index (χ0n) is 15.8. The number of nitrogens with one attached hydrogen (secondary N) is 1. The molecular weight excluding hydrogens is 409 g/mol. The number of rotatable bonds is 1. The number of hydrogen-bond acceptors (Lipinski definition) is 4. The number of anilines is 2. The van der Waals surface area contributed by atoms with Crippen LogP contribution in [-0.4, -0.2) is 35.2 Å². The zero-order valence-corrected chi connectivity index (χ0v) is 16.5. The molecule has 3 fully saturated rings. The van der Waals surface area contributed by atoms with Crippen LogP contribution in [0.1, 0.15) is 18.4 Å². The van der Waals surface area contributed by atoms with Gasteiger partial charge in [-0.2, -0.15) is 0 Å². The van der Waals surface area contributed by atoms with E-state index in [0.29, 0.717) is 34.9 Å². The molecule has 6 rings (SSSR count). The van der Waals surface area contributed by atoms with E-state index in [2.05, 4.69) is 5.32 Å². The highest BCUT2D eigenvalue weighted by molar-refractivity contribution is 6.31. The van der Waals surface area contributed by atoms with E-state index in [9.17, 15) is 18.8 Å². The van der Waals surface area contributed by atoms with Crippen LogP contribution < -0.4 is 10.2 Å². The molecule has 6 nitrogen and oxygen atoms in total. The van der Waals surface area contributed by atoms with Crippen LogP contribution in [0.15, 0.2) is 42.5 Å². The fourth-order valence-electron chi connectivity index (χ4n) is 6.02. The van der Waals surface area contributed by atoms with E-state index in [1.165, 1.54) is 23.1 Å². The lowest BCUT2D eigenvalue weighted by Gasteiger charge is -2.36. The lowest BCUT2D eigenvalue weighted by molar-refractivity contribution is -0.135. The van der Waals surface area contributed by atoms with Gasteiger partial charge in [0.2, 0.25) is 17.7 Å². The summed E-state index contributed by atoms with van der Waals surface area (Å²) < 4.78 is 14.2. The van der Waals surface area contributed by atoms with Gasteiger partial charge in [0.1, 0.15) is 11.4 Å². The minimum atomic E-state index is -1.36. The number of nitrogens with zero attached hydrogens (tertiary/aromatic N) is 2. The molecule has 4 heterocycles. The van der Waals surface area contributed by atoms with E-state index < -0.39 is 29.1 Å². The smallest absolute Gasteiger partial charge is 0.250 e. The Morgan fingerprint density at radius 3 is 2.60 bits per heavy atom. The normalized spacial score (nSPS) is 32.0. The molecule has 1 N–H and O–H groups in total. The Hall–Kier alpha value is -2.77. The Morgan fingerprint density at radius 1 is 1.07 bits per heavy atom. The second kappa shape index (κ2) is 5.89. The van der Waals surface area contributed by atoms with Gasteiger partial charge in [-0.1, -0.05) is 11.6 Å². The highest BCUT2D eigenvalue weighted by Gasteiger charge is 2.74. The van der Waals surface area contributed by atoms with Crippen molar-refractivity contribution in [1.29, 1.82) is 0 Å². The third-order valence-electron chi connectivity index (χ3n) is 7.04. The summed E-state index contributed by atoms with van der Waals surface area (Å²) in [5.74, 6) is -3.10. The largest absolute Gasteiger partial charge is 0.324 e. The average Bonchev–Trinajstić information content (AvgIpc) is 3.42. The molecular formula is C22H17ClFN3O3. The van der Waals surface area contributed by atoms with Crippen LogP contribution in [0, 0.1) is 17.7 Å². The van der Waals surface area contributed by atoms with Gasteiger partial charge in [-0.05, 0) is 61.9 Å². The van der Waals surface area contributed by atoms with Crippen molar-refractivity contribution in [2.45, 2.75) is 24.4 Å². The Bertz CT molecular complexity index is 1140. The number of imide groups is 1. The van der Waals surface area contributed by atoms with Gasteiger partial charge in [0.25, 0.3) is 0 Å². The third kappa shape index (κ3) is 1.99. The molecule has 4 aliphatic heterocycles. The molecule has 0 aliphatic carbocycles. The Morgan fingerprint density at radius 2 is 1.83 bits per heavy atom. The first-order chi connectivity index (χ1) is 14.4. The summed E-state index contributed by atoms with van der Waals surface area (Å²) in [5.41, 5.74) is 0.0160. The van der Waals surface area contributed by atoms with Gasteiger partial charge < -0.3 is 5.32 Å². The first-order valence-electron chi connectivity index (χ1n) is 9.96. The molecule has 0 aromatic heterocycles. The van der Waals surface area contributed by atoms with Crippen molar-refractivity contribution in [2.24, 2.45) is 11.8 Å². The molecule has 3 saturated heterocycles. The second-order valence-electron chi connectivity index (χ2n) is 8.31. The standard InChI is InChI=1S/C22H17ClFN3O3/c23-11-3-6-13(7-4-11)27-19(28)17-16-2-1-9-26(16)22(18(17)20(27)29)14-10-12(24)5-8-15(14)25-21(22)30/h3-8,10,16-18H,1-2,9H2,(H,25,30)/t16-,17-,18-,22+/m0/s1. The minimum Gasteiger partial charge on any atom is -0.324 e. The molecule has 0 bridgehead atoms. The maximum absolute atomic E-state index is 14.2. The van der Waals surface area contributed by atoms with Crippen molar-refractivity contribution >= 4 is 40.7 Å². The maximum Gasteiger partial charge on any atom is 0.250 e. The molecule has 3 amide bonds. The molecule has 0 radical (unpaired) electrons. The van der Waals surface area contributed by atoms with Crippen molar-refractivity contribution in [2.75, 3.05) is 16.8 Å². The van der Waals surface area contributed by atoms with E-state index in [1.807, 2.05) is 4.90 Å². The highest BCUT2D eigenvalue weighted by Crippen LogP contribution is 2.60. The van der Waals surface area contributed by atoms with Crippen LogP contribution in [-0.2, 0) is 19.9 Å². The Kier molecular flexibility index (Phi) is 3.54. The number of carbonyl (C=O) groups is 3. The summed E-state index contributed by atoms with van der Waals surface area (Å²) >= 11 is 5.97. The fraction of sp³-hybridized carbons (Fsp3) is 0.318. The monoisotopic (exact) mass is 425 g/mol. The van der Waals surface area contributed by atoms with Gasteiger partial charge in [-0.15, -0.1) is 0 Å². The van der Waals surface area contributed by atoms with E-state index in [0.717, 1.165) is 6.42 Å². The van der Waals surface area contributed by atoms with Crippen molar-refractivity contribution in [1.82, 2.24) is 4.90 Å². The number of fused-ring (bicyclic) bond motifs is 7. The number of carbonyl (C=O) groups excluding carboxylic acids is 3. The maximum atomic E-state index is 14.2. The van der Waals surface area contributed by atoms with Gasteiger partial charge in [0, 0.05) is 22.3 Å². The fourth-order valence-corrected chi connectivity index (χ4v) is 6.15. The van der Waals surface area contributed by atoms with Crippen LogP contribution in [0.3, 0.4) is 0 Å². The van der Waals surface area contributed by atoms with Crippen LogP contribution in [0.2, 0.25) is 5.02 Å². The van der Waals surface area contributed by atoms with Crippen molar-refractivity contribution < 1.29 is 18.8 Å². The van der Waals surface area contributed by atoms with Gasteiger partial charge >= 0.3 is 0 Å². The van der Waals surface area contributed by atoms with Crippen LogP contribution >= 0.6 is 11.6 Å². The molecule has 152 valence electrons. The summed E-state index contributed by atoms with van der Waals surface area (Å²) in [6.07, 6.45) is 1.53. The van der Waals surface area contributed by atoms with E-state index in [-0.39, 0.29) is 17.9 Å². The molecule has 4 atom stereocenters. The molecule has 1 spiro atoms. The number of hydrogen-bond donors (Lipinski definition) is 1. The molecule has 4 aliphatic rings. The summed E-state index contributed by atoms with van der Waals surface area (Å²) in [5, 5.41) is 3.33. The zero-order chi connectivity index (χ0) is 20.8. The van der Waals surface area contributed by atoms with E-state index in [1.54, 1.807) is 24.3 Å². The van der Waals surface area contributed by atoms with Crippen molar-refractivity contribution in [3.05, 3.63) is 58.9 Å². The van der Waals surface area contributed by atoms with Gasteiger partial charge in [-0.25, -0.2) is 9.29 Å². The molecule has 2 aromatic rings. The number of halogens is 2. The first kappa shape index (κ1) is 18.0. The number of amides is 3. The Labute approximate surface area is 176 Å². The van der Waals surface area contributed by atoms with Crippen LogP contribution in [0.5, 0.6) is 0 Å².